The normalized spacial score (nSPS) is 50.6. The third-order valence-corrected chi connectivity index (χ3v) is 3.72. The van der Waals surface area contributed by atoms with Crippen molar-refractivity contribution in [1.82, 2.24) is 0 Å². The van der Waals surface area contributed by atoms with Crippen LogP contribution in [-0.4, -0.2) is 11.7 Å². The number of hydrogen-bond donors (Lipinski definition) is 1. The van der Waals surface area contributed by atoms with Crippen LogP contribution in [0.1, 0.15) is 28.4 Å². The average Bonchev–Trinajstić information content (AvgIpc) is 2.58. The summed E-state index contributed by atoms with van der Waals surface area (Å²) in [5.41, 5.74) is 0.566. The van der Waals surface area contributed by atoms with Crippen LogP contribution in [0.2, 0.25) is 0 Å². The Morgan fingerprint density at radius 2 is 1.78 bits per heavy atom. The van der Waals surface area contributed by atoms with Gasteiger partial charge < -0.3 is 5.11 Å². The molecular weight excluding hydrogens is 112 g/mol. The molecule has 0 heterocycles. The first-order chi connectivity index (χ1) is 5.03. The van der Waals surface area contributed by atoms with Crippen LogP contribution in [0, 0.1) is 16.7 Å². The monoisotopic (exact) mass is 126 g/mol. The zero-order chi connectivity index (χ0) is 7.91. The van der Waals surface area contributed by atoms with Gasteiger partial charge in [-0.15, -0.1) is 0 Å². The molecule has 0 aromatic rings. The van der Waals surface area contributed by atoms with Gasteiger partial charge in [-0.3, -0.25) is 0 Å². The van der Waals surface area contributed by atoms with Gasteiger partial charge >= 0.3 is 0 Å². The molecule has 0 bridgehead atoms. The first kappa shape index (κ1) is 3.38. The highest BCUT2D eigenvalue weighted by Gasteiger charge is 2.85. The molecule has 3 aliphatic carbocycles. The standard InChI is InChI=1S/C8H12O/c9-5-6-7(1-2-7)8(6)3-4-8/h6,9H,1-5H2/i5D2. The lowest BCUT2D eigenvalue weighted by atomic mass is 10.3. The molecule has 0 aliphatic heterocycles. The highest BCUT2D eigenvalue weighted by molar-refractivity contribution is 5.34. The van der Waals surface area contributed by atoms with Gasteiger partial charge in [0.1, 0.15) is 0 Å². The molecule has 0 amide bonds. The molecule has 0 unspecified atom stereocenters. The van der Waals surface area contributed by atoms with Crippen molar-refractivity contribution in [2.75, 3.05) is 6.56 Å². The largest absolute Gasteiger partial charge is 0.396 e. The van der Waals surface area contributed by atoms with Crippen molar-refractivity contribution in [2.45, 2.75) is 25.7 Å². The van der Waals surface area contributed by atoms with E-state index in [4.69, 9.17) is 2.74 Å². The molecule has 1 nitrogen and oxygen atoms in total. The quantitative estimate of drug-likeness (QED) is 0.559. The van der Waals surface area contributed by atoms with Gasteiger partial charge in [-0.2, -0.15) is 0 Å². The molecule has 1 N–H and O–H groups in total. The Morgan fingerprint density at radius 3 is 1.89 bits per heavy atom. The molecule has 2 spiro atoms. The molecule has 50 valence electrons. The van der Waals surface area contributed by atoms with Crippen LogP contribution in [0.4, 0.5) is 0 Å². The van der Waals surface area contributed by atoms with Gasteiger partial charge in [0.05, 0.1) is 2.74 Å². The molecule has 0 aromatic carbocycles. The zero-order valence-corrected chi connectivity index (χ0v) is 5.35. The van der Waals surface area contributed by atoms with E-state index in [1.54, 1.807) is 0 Å². The zero-order valence-electron chi connectivity index (χ0n) is 7.35. The minimum atomic E-state index is -1.90. The highest BCUT2D eigenvalue weighted by Crippen LogP contribution is 2.92. The summed E-state index contributed by atoms with van der Waals surface area (Å²) in [6.07, 6.45) is 4.66. The van der Waals surface area contributed by atoms with Crippen LogP contribution in [0.3, 0.4) is 0 Å². The minimum Gasteiger partial charge on any atom is -0.396 e. The number of aliphatic hydroxyl groups is 1. The number of hydrogen-bond acceptors (Lipinski definition) is 1. The van der Waals surface area contributed by atoms with Gasteiger partial charge in [0, 0.05) is 6.56 Å². The van der Waals surface area contributed by atoms with E-state index in [1.165, 1.54) is 0 Å². The highest BCUT2D eigenvalue weighted by atomic mass is 16.3. The van der Waals surface area contributed by atoms with Crippen LogP contribution < -0.4 is 0 Å². The second kappa shape index (κ2) is 0.968. The van der Waals surface area contributed by atoms with Gasteiger partial charge in [-0.1, -0.05) is 0 Å². The van der Waals surface area contributed by atoms with Crippen molar-refractivity contribution >= 4 is 0 Å². The SMILES string of the molecule is [2H]C([2H])(O)C1C2(CC2)C12CC2. The van der Waals surface area contributed by atoms with Gasteiger partial charge in [-0.25, -0.2) is 0 Å². The maximum absolute atomic E-state index is 9.24. The predicted molar refractivity (Wildman–Crippen MR) is 33.9 cm³/mol. The maximum atomic E-state index is 9.24. The van der Waals surface area contributed by atoms with E-state index in [1.807, 2.05) is 0 Å². The summed E-state index contributed by atoms with van der Waals surface area (Å²) in [5, 5.41) is 9.24. The molecule has 3 fully saturated rings. The molecule has 0 atom stereocenters. The van der Waals surface area contributed by atoms with Gasteiger partial charge in [0.25, 0.3) is 0 Å². The van der Waals surface area contributed by atoms with Crippen LogP contribution in [-0.2, 0) is 0 Å². The first-order valence-corrected chi connectivity index (χ1v) is 3.75. The minimum absolute atomic E-state index is 0.0116. The van der Waals surface area contributed by atoms with Gasteiger partial charge in [0.2, 0.25) is 0 Å². The van der Waals surface area contributed by atoms with Gasteiger partial charge in [0.15, 0.2) is 0 Å². The molecule has 0 saturated heterocycles. The summed E-state index contributed by atoms with van der Waals surface area (Å²) in [6.45, 7) is -1.90. The Hall–Kier alpha value is -0.0400. The third-order valence-electron chi connectivity index (χ3n) is 3.72. The van der Waals surface area contributed by atoms with E-state index < -0.39 is 6.56 Å². The smallest absolute Gasteiger partial charge is 0.0567 e. The average molecular weight is 126 g/mol. The number of rotatable bonds is 1. The molecule has 3 saturated carbocycles. The first-order valence-electron chi connectivity index (χ1n) is 4.75. The Kier molecular flexibility index (Phi) is 0.363. The predicted octanol–water partition coefficient (Wildman–Crippen LogP) is 1.17. The molecule has 0 radical (unpaired) electrons. The van der Waals surface area contributed by atoms with Crippen molar-refractivity contribution in [2.24, 2.45) is 16.7 Å². The summed E-state index contributed by atoms with van der Waals surface area (Å²) < 4.78 is 14.5. The molecule has 3 aliphatic rings. The van der Waals surface area contributed by atoms with Crippen molar-refractivity contribution in [3.05, 3.63) is 0 Å². The molecule has 3 rings (SSSR count). The fraction of sp³-hybridized carbons (Fsp3) is 1.00. The van der Waals surface area contributed by atoms with Crippen LogP contribution in [0.25, 0.3) is 0 Å². The van der Waals surface area contributed by atoms with E-state index in [0.717, 1.165) is 25.7 Å². The summed E-state index contributed by atoms with van der Waals surface area (Å²) in [4.78, 5) is 0. The Labute approximate surface area is 57.9 Å². The van der Waals surface area contributed by atoms with Crippen molar-refractivity contribution in [1.29, 1.82) is 0 Å². The van der Waals surface area contributed by atoms with Crippen LogP contribution in [0.5, 0.6) is 0 Å². The Bertz CT molecular complexity index is 205. The lowest BCUT2D eigenvalue weighted by molar-refractivity contribution is 0.261. The van der Waals surface area contributed by atoms with Gasteiger partial charge in [-0.05, 0) is 42.4 Å². The molecule has 9 heavy (non-hydrogen) atoms. The van der Waals surface area contributed by atoms with E-state index in [0.29, 0.717) is 0 Å². The second-order valence-electron chi connectivity index (χ2n) is 3.87. The van der Waals surface area contributed by atoms with Crippen LogP contribution in [0.15, 0.2) is 0 Å². The summed E-state index contributed by atoms with van der Waals surface area (Å²) in [6, 6.07) is 0. The summed E-state index contributed by atoms with van der Waals surface area (Å²) in [7, 11) is 0. The topological polar surface area (TPSA) is 20.2 Å². The molecular formula is C8H12O. The third kappa shape index (κ3) is 0.295. The van der Waals surface area contributed by atoms with Crippen molar-refractivity contribution in [3.63, 3.8) is 0 Å². The van der Waals surface area contributed by atoms with E-state index in [2.05, 4.69) is 0 Å². The van der Waals surface area contributed by atoms with E-state index >= 15 is 0 Å². The van der Waals surface area contributed by atoms with Crippen molar-refractivity contribution in [3.8, 4) is 0 Å². The second-order valence-corrected chi connectivity index (χ2v) is 3.87. The van der Waals surface area contributed by atoms with E-state index in [-0.39, 0.29) is 16.7 Å². The fourth-order valence-corrected chi connectivity index (χ4v) is 2.83. The van der Waals surface area contributed by atoms with E-state index in [9.17, 15) is 5.11 Å². The Morgan fingerprint density at radius 1 is 1.33 bits per heavy atom. The fourth-order valence-electron chi connectivity index (χ4n) is 2.83. The lowest BCUT2D eigenvalue weighted by Crippen LogP contribution is -1.87. The maximum Gasteiger partial charge on any atom is 0.0567 e. The molecule has 0 aromatic heterocycles. The summed E-state index contributed by atoms with van der Waals surface area (Å²) >= 11 is 0. The lowest BCUT2D eigenvalue weighted by Gasteiger charge is -1.82. The number of fused-ring (bicyclic) bond motifs is 1. The Balaban J connectivity index is 1.93. The summed E-state index contributed by atoms with van der Waals surface area (Å²) in [5.74, 6) is -0.0116. The molecule has 1 heteroatoms. The van der Waals surface area contributed by atoms with Crippen molar-refractivity contribution < 1.29 is 7.85 Å². The van der Waals surface area contributed by atoms with Crippen LogP contribution >= 0.6 is 0 Å².